The topological polar surface area (TPSA) is 49.4 Å². The van der Waals surface area contributed by atoms with E-state index >= 15 is 0 Å². The van der Waals surface area contributed by atoms with Gasteiger partial charge in [0.25, 0.3) is 0 Å². The fraction of sp³-hybridized carbons (Fsp3) is 0.846. The van der Waals surface area contributed by atoms with Crippen LogP contribution in [0.2, 0.25) is 0 Å². The summed E-state index contributed by atoms with van der Waals surface area (Å²) in [6.07, 6.45) is 3.89. The van der Waals surface area contributed by atoms with E-state index in [9.17, 15) is 9.59 Å². The summed E-state index contributed by atoms with van der Waals surface area (Å²) < 4.78 is 0. The number of nitrogens with one attached hydrogen (secondary N) is 1. The molecule has 0 bridgehead atoms. The smallest absolute Gasteiger partial charge is 0.243 e. The van der Waals surface area contributed by atoms with E-state index in [2.05, 4.69) is 19.2 Å². The van der Waals surface area contributed by atoms with Gasteiger partial charge in [-0.05, 0) is 31.1 Å². The van der Waals surface area contributed by atoms with E-state index in [0.717, 1.165) is 19.3 Å². The van der Waals surface area contributed by atoms with Crippen molar-refractivity contribution < 1.29 is 9.59 Å². The minimum atomic E-state index is -0.254. The van der Waals surface area contributed by atoms with Crippen molar-refractivity contribution in [1.29, 1.82) is 0 Å². The lowest BCUT2D eigenvalue weighted by molar-refractivity contribution is -0.148. The van der Waals surface area contributed by atoms with Crippen LogP contribution in [0.5, 0.6) is 0 Å². The van der Waals surface area contributed by atoms with E-state index in [1.807, 2.05) is 11.8 Å². The van der Waals surface area contributed by atoms with Gasteiger partial charge in [0.15, 0.2) is 0 Å². The summed E-state index contributed by atoms with van der Waals surface area (Å²) in [7, 11) is 0. The molecule has 17 heavy (non-hydrogen) atoms. The zero-order valence-electron chi connectivity index (χ0n) is 11.0. The van der Waals surface area contributed by atoms with E-state index < -0.39 is 0 Å². The number of hydrogen-bond acceptors (Lipinski definition) is 2. The van der Waals surface area contributed by atoms with Gasteiger partial charge in [-0.15, -0.1) is 0 Å². The molecule has 0 radical (unpaired) electrons. The first kappa shape index (κ1) is 12.4. The summed E-state index contributed by atoms with van der Waals surface area (Å²) in [5.41, 5.74) is 0.303. The summed E-state index contributed by atoms with van der Waals surface area (Å²) in [5.74, 6) is 0.0935. The second kappa shape index (κ2) is 4.31. The van der Waals surface area contributed by atoms with Gasteiger partial charge in [0.1, 0.15) is 6.04 Å². The number of rotatable bonds is 2. The fourth-order valence-corrected chi connectivity index (χ4v) is 3.15. The van der Waals surface area contributed by atoms with E-state index in [1.165, 1.54) is 0 Å². The maximum Gasteiger partial charge on any atom is 0.243 e. The molecule has 0 spiro atoms. The molecule has 2 atom stereocenters. The Morgan fingerprint density at radius 1 is 1.41 bits per heavy atom. The monoisotopic (exact) mass is 238 g/mol. The Hall–Kier alpha value is -1.06. The summed E-state index contributed by atoms with van der Waals surface area (Å²) in [4.78, 5) is 25.7. The SMILES string of the molecule is CCC1C(=O)NCC(=O)N1C1CCC(C)(C)C1. The van der Waals surface area contributed by atoms with E-state index in [-0.39, 0.29) is 30.4 Å². The minimum absolute atomic E-state index is 0.0109. The molecule has 96 valence electrons. The summed E-state index contributed by atoms with van der Waals surface area (Å²) in [5, 5.41) is 2.68. The van der Waals surface area contributed by atoms with E-state index in [1.54, 1.807) is 0 Å². The Morgan fingerprint density at radius 3 is 2.65 bits per heavy atom. The molecule has 1 N–H and O–H groups in total. The number of nitrogens with zero attached hydrogens (tertiary/aromatic N) is 1. The molecule has 2 rings (SSSR count). The van der Waals surface area contributed by atoms with Crippen LogP contribution in [0.25, 0.3) is 0 Å². The molecule has 0 aromatic carbocycles. The average Bonchev–Trinajstić information content (AvgIpc) is 2.61. The molecule has 2 amide bonds. The first-order chi connectivity index (χ1) is 7.94. The Balaban J connectivity index is 2.16. The van der Waals surface area contributed by atoms with Crippen LogP contribution in [0.15, 0.2) is 0 Å². The third-order valence-corrected chi connectivity index (χ3v) is 4.06. The normalized spacial score (nSPS) is 32.8. The van der Waals surface area contributed by atoms with Crippen LogP contribution in [0.3, 0.4) is 0 Å². The van der Waals surface area contributed by atoms with Gasteiger partial charge in [-0.2, -0.15) is 0 Å². The first-order valence-corrected chi connectivity index (χ1v) is 6.53. The zero-order valence-corrected chi connectivity index (χ0v) is 11.0. The van der Waals surface area contributed by atoms with Crippen LogP contribution in [0, 0.1) is 5.41 Å². The van der Waals surface area contributed by atoms with Gasteiger partial charge in [-0.1, -0.05) is 20.8 Å². The highest BCUT2D eigenvalue weighted by molar-refractivity contribution is 5.95. The van der Waals surface area contributed by atoms with E-state index in [4.69, 9.17) is 0 Å². The van der Waals surface area contributed by atoms with Crippen molar-refractivity contribution in [1.82, 2.24) is 10.2 Å². The lowest BCUT2D eigenvalue weighted by atomic mass is 9.91. The van der Waals surface area contributed by atoms with Crippen LogP contribution in [-0.2, 0) is 9.59 Å². The van der Waals surface area contributed by atoms with Crippen LogP contribution in [0.4, 0.5) is 0 Å². The molecule has 2 unspecified atom stereocenters. The van der Waals surface area contributed by atoms with Gasteiger partial charge in [-0.3, -0.25) is 9.59 Å². The molecule has 0 aromatic rings. The number of carbonyl (C=O) groups is 2. The lowest BCUT2D eigenvalue weighted by Gasteiger charge is -2.39. The Labute approximate surface area is 103 Å². The van der Waals surface area contributed by atoms with Gasteiger partial charge in [-0.25, -0.2) is 0 Å². The molecule has 1 saturated heterocycles. The van der Waals surface area contributed by atoms with Gasteiger partial charge < -0.3 is 10.2 Å². The summed E-state index contributed by atoms with van der Waals surface area (Å²) in [6.45, 7) is 6.62. The van der Waals surface area contributed by atoms with Gasteiger partial charge in [0.05, 0.1) is 6.54 Å². The third kappa shape index (κ3) is 2.31. The maximum absolute atomic E-state index is 12.0. The van der Waals surface area contributed by atoms with Crippen molar-refractivity contribution in [2.45, 2.75) is 58.5 Å². The zero-order chi connectivity index (χ0) is 12.6. The molecular formula is C13H22N2O2. The molecule has 1 aliphatic heterocycles. The highest BCUT2D eigenvalue weighted by atomic mass is 16.2. The largest absolute Gasteiger partial charge is 0.345 e. The Kier molecular flexibility index (Phi) is 3.15. The van der Waals surface area contributed by atoms with Crippen LogP contribution < -0.4 is 5.32 Å². The standard InChI is InChI=1S/C13H22N2O2/c1-4-10-12(17)14-8-11(16)15(10)9-5-6-13(2,3)7-9/h9-10H,4-8H2,1-3H3,(H,14,17). The number of hydrogen-bond donors (Lipinski definition) is 1. The number of carbonyl (C=O) groups excluding carboxylic acids is 2. The highest BCUT2D eigenvalue weighted by Crippen LogP contribution is 2.40. The second-order valence-electron chi connectivity index (χ2n) is 6.00. The molecule has 1 aliphatic carbocycles. The third-order valence-electron chi connectivity index (χ3n) is 4.06. The lowest BCUT2D eigenvalue weighted by Crippen LogP contribution is -2.60. The predicted octanol–water partition coefficient (Wildman–Crippen LogP) is 1.30. The maximum atomic E-state index is 12.0. The number of piperazine rings is 1. The van der Waals surface area contributed by atoms with Crippen molar-refractivity contribution in [2.75, 3.05) is 6.54 Å². The quantitative estimate of drug-likeness (QED) is 0.788. The summed E-state index contributed by atoms with van der Waals surface area (Å²) in [6, 6.07) is 0.00338. The van der Waals surface area contributed by atoms with Gasteiger partial charge in [0.2, 0.25) is 11.8 Å². The van der Waals surface area contributed by atoms with Crippen molar-refractivity contribution in [3.8, 4) is 0 Å². The molecule has 1 saturated carbocycles. The van der Waals surface area contributed by atoms with Gasteiger partial charge >= 0.3 is 0 Å². The average molecular weight is 238 g/mol. The fourth-order valence-electron chi connectivity index (χ4n) is 3.15. The number of amides is 2. The first-order valence-electron chi connectivity index (χ1n) is 6.53. The van der Waals surface area contributed by atoms with Crippen molar-refractivity contribution in [3.63, 3.8) is 0 Å². The van der Waals surface area contributed by atoms with Crippen molar-refractivity contribution in [2.24, 2.45) is 5.41 Å². The van der Waals surface area contributed by atoms with Crippen molar-refractivity contribution in [3.05, 3.63) is 0 Å². The molecule has 2 aliphatic rings. The molecule has 4 heteroatoms. The molecule has 1 heterocycles. The van der Waals surface area contributed by atoms with Crippen LogP contribution in [0.1, 0.15) is 46.5 Å². The second-order valence-corrected chi connectivity index (χ2v) is 6.00. The van der Waals surface area contributed by atoms with Gasteiger partial charge in [0, 0.05) is 6.04 Å². The molecule has 0 aromatic heterocycles. The van der Waals surface area contributed by atoms with Crippen LogP contribution >= 0.6 is 0 Å². The van der Waals surface area contributed by atoms with Crippen LogP contribution in [-0.4, -0.2) is 35.3 Å². The highest BCUT2D eigenvalue weighted by Gasteiger charge is 2.42. The minimum Gasteiger partial charge on any atom is -0.345 e. The molecule has 2 fully saturated rings. The van der Waals surface area contributed by atoms with Crippen molar-refractivity contribution >= 4 is 11.8 Å². The summed E-state index contributed by atoms with van der Waals surface area (Å²) >= 11 is 0. The molecular weight excluding hydrogens is 216 g/mol. The molecule has 4 nitrogen and oxygen atoms in total. The predicted molar refractivity (Wildman–Crippen MR) is 65.4 cm³/mol. The Morgan fingerprint density at radius 2 is 2.12 bits per heavy atom. The van der Waals surface area contributed by atoms with E-state index in [0.29, 0.717) is 11.8 Å². The Bertz CT molecular complexity index is 338.